The SMILES string of the molecule is C=CCN(C)CC1CN2CCC1CC2CNS(=O)(=O)c1ccc(OC)cc1. The highest BCUT2D eigenvalue weighted by Gasteiger charge is 2.40. The highest BCUT2D eigenvalue weighted by Crippen LogP contribution is 2.36. The van der Waals surface area contributed by atoms with Crippen molar-refractivity contribution in [3.63, 3.8) is 0 Å². The fourth-order valence-electron chi connectivity index (χ4n) is 4.41. The number of fused-ring (bicyclic) bond motifs is 3. The van der Waals surface area contributed by atoms with Gasteiger partial charge in [0.25, 0.3) is 0 Å². The lowest BCUT2D eigenvalue weighted by atomic mass is 9.75. The van der Waals surface area contributed by atoms with Gasteiger partial charge in [0.05, 0.1) is 12.0 Å². The molecule has 3 aliphatic rings. The average Bonchev–Trinajstić information content (AvgIpc) is 2.67. The molecule has 0 saturated carbocycles. The van der Waals surface area contributed by atoms with Crippen LogP contribution in [0, 0.1) is 11.8 Å². The second-order valence-electron chi connectivity index (χ2n) is 7.73. The number of nitrogens with one attached hydrogen (secondary N) is 1. The highest BCUT2D eigenvalue weighted by molar-refractivity contribution is 7.89. The van der Waals surface area contributed by atoms with Crippen LogP contribution in [0.3, 0.4) is 0 Å². The Morgan fingerprint density at radius 1 is 1.37 bits per heavy atom. The predicted molar refractivity (Wildman–Crippen MR) is 107 cm³/mol. The van der Waals surface area contributed by atoms with Gasteiger partial charge in [-0.2, -0.15) is 0 Å². The molecule has 27 heavy (non-hydrogen) atoms. The summed E-state index contributed by atoms with van der Waals surface area (Å²) >= 11 is 0. The maximum absolute atomic E-state index is 12.6. The lowest BCUT2D eigenvalue weighted by Gasteiger charge is -2.50. The molecule has 3 heterocycles. The second-order valence-corrected chi connectivity index (χ2v) is 9.50. The molecule has 0 aliphatic carbocycles. The van der Waals surface area contributed by atoms with E-state index in [0.717, 1.165) is 32.6 Å². The molecule has 0 amide bonds. The van der Waals surface area contributed by atoms with Crippen LogP contribution in [0.25, 0.3) is 0 Å². The monoisotopic (exact) mass is 393 g/mol. The summed E-state index contributed by atoms with van der Waals surface area (Å²) in [5.74, 6) is 1.99. The molecule has 4 rings (SSSR count). The standard InChI is InChI=1S/C20H31N3O3S/c1-4-10-22(2)14-17-15-23-11-9-16(17)12-18(23)13-21-27(24,25)20-7-5-19(26-3)6-8-20/h4-8,16-18,21H,1,9-15H2,2-3H3. The number of sulfonamides is 1. The number of methoxy groups -OCH3 is 1. The van der Waals surface area contributed by atoms with Gasteiger partial charge in [-0.15, -0.1) is 6.58 Å². The zero-order valence-electron chi connectivity index (χ0n) is 16.3. The Morgan fingerprint density at radius 3 is 2.70 bits per heavy atom. The van der Waals surface area contributed by atoms with E-state index >= 15 is 0 Å². The Bertz CT molecular complexity index is 735. The van der Waals surface area contributed by atoms with Crippen LogP contribution < -0.4 is 9.46 Å². The van der Waals surface area contributed by atoms with E-state index in [1.807, 2.05) is 6.08 Å². The van der Waals surface area contributed by atoms with Crippen LogP contribution in [-0.2, 0) is 10.0 Å². The molecule has 0 aromatic heterocycles. The topological polar surface area (TPSA) is 61.9 Å². The molecule has 7 heteroatoms. The number of benzene rings is 1. The van der Waals surface area contributed by atoms with Crippen molar-refractivity contribution in [1.29, 1.82) is 0 Å². The van der Waals surface area contributed by atoms with Crippen LogP contribution in [0.2, 0.25) is 0 Å². The van der Waals surface area contributed by atoms with Gasteiger partial charge in [0.2, 0.25) is 10.0 Å². The Kier molecular flexibility index (Phi) is 6.57. The largest absolute Gasteiger partial charge is 0.497 e. The van der Waals surface area contributed by atoms with Crippen LogP contribution in [0.4, 0.5) is 0 Å². The first-order valence-corrected chi connectivity index (χ1v) is 11.1. The van der Waals surface area contributed by atoms with E-state index in [-0.39, 0.29) is 10.9 Å². The van der Waals surface area contributed by atoms with Crippen LogP contribution in [0.5, 0.6) is 5.75 Å². The van der Waals surface area contributed by atoms with Gasteiger partial charge in [0, 0.05) is 32.2 Å². The molecule has 1 N–H and O–H groups in total. The lowest BCUT2D eigenvalue weighted by Crippen LogP contribution is -2.58. The molecule has 0 radical (unpaired) electrons. The average molecular weight is 394 g/mol. The third-order valence-electron chi connectivity index (χ3n) is 5.88. The molecule has 1 aromatic rings. The minimum absolute atomic E-state index is 0.281. The van der Waals surface area contributed by atoms with Crippen molar-refractivity contribution in [1.82, 2.24) is 14.5 Å². The minimum Gasteiger partial charge on any atom is -0.497 e. The quantitative estimate of drug-likeness (QED) is 0.649. The van der Waals surface area contributed by atoms with E-state index in [9.17, 15) is 8.42 Å². The minimum atomic E-state index is -3.49. The van der Waals surface area contributed by atoms with Gasteiger partial charge in [-0.25, -0.2) is 13.1 Å². The van der Waals surface area contributed by atoms with Crippen molar-refractivity contribution in [2.45, 2.75) is 23.8 Å². The Balaban J connectivity index is 1.55. The number of ether oxygens (including phenoxy) is 1. The summed E-state index contributed by atoms with van der Waals surface area (Å²) in [6.45, 7) is 8.40. The summed E-state index contributed by atoms with van der Waals surface area (Å²) < 4.78 is 33.1. The predicted octanol–water partition coefficient (Wildman–Crippen LogP) is 1.80. The molecule has 3 fully saturated rings. The number of rotatable bonds is 9. The number of hydrogen-bond donors (Lipinski definition) is 1. The third kappa shape index (κ3) is 4.90. The van der Waals surface area contributed by atoms with Crippen molar-refractivity contribution >= 4 is 10.0 Å². The number of nitrogens with zero attached hydrogens (tertiary/aromatic N) is 2. The third-order valence-corrected chi connectivity index (χ3v) is 7.32. The number of hydrogen-bond acceptors (Lipinski definition) is 5. The smallest absolute Gasteiger partial charge is 0.240 e. The van der Waals surface area contributed by atoms with Gasteiger partial charge in [0.1, 0.15) is 5.75 Å². The van der Waals surface area contributed by atoms with Crippen LogP contribution in [0.15, 0.2) is 41.8 Å². The molecule has 3 aliphatic heterocycles. The van der Waals surface area contributed by atoms with Gasteiger partial charge >= 0.3 is 0 Å². The van der Waals surface area contributed by atoms with Crippen molar-refractivity contribution < 1.29 is 13.2 Å². The summed E-state index contributed by atoms with van der Waals surface area (Å²) in [7, 11) is 0.212. The lowest BCUT2D eigenvalue weighted by molar-refractivity contribution is -0.00640. The van der Waals surface area contributed by atoms with Gasteiger partial charge in [-0.05, 0) is 62.5 Å². The first-order valence-electron chi connectivity index (χ1n) is 9.60. The van der Waals surface area contributed by atoms with Crippen molar-refractivity contribution in [2.24, 2.45) is 11.8 Å². The summed E-state index contributed by atoms with van der Waals surface area (Å²) in [5.41, 5.74) is 0. The molecule has 4 atom stereocenters. The summed E-state index contributed by atoms with van der Waals surface area (Å²) in [5, 5.41) is 0. The molecule has 1 aromatic carbocycles. The van der Waals surface area contributed by atoms with Crippen LogP contribution >= 0.6 is 0 Å². The van der Waals surface area contributed by atoms with Crippen molar-refractivity contribution in [2.75, 3.05) is 46.9 Å². The van der Waals surface area contributed by atoms with Crippen LogP contribution in [-0.4, -0.2) is 71.1 Å². The van der Waals surface area contributed by atoms with E-state index < -0.39 is 10.0 Å². The van der Waals surface area contributed by atoms with E-state index in [4.69, 9.17) is 4.74 Å². The van der Waals surface area contributed by atoms with Gasteiger partial charge in [-0.3, -0.25) is 4.90 Å². The number of likely N-dealkylation sites (N-methyl/N-ethyl adjacent to an activating group) is 1. The van der Waals surface area contributed by atoms with E-state index in [1.54, 1.807) is 31.4 Å². The maximum Gasteiger partial charge on any atom is 0.240 e. The van der Waals surface area contributed by atoms with Gasteiger partial charge in [-0.1, -0.05) is 6.08 Å². The molecule has 0 spiro atoms. The molecule has 3 saturated heterocycles. The molecule has 2 bridgehead atoms. The Hall–Kier alpha value is -1.41. The van der Waals surface area contributed by atoms with Gasteiger partial charge in [0.15, 0.2) is 0 Å². The highest BCUT2D eigenvalue weighted by atomic mass is 32.2. The number of piperidine rings is 3. The summed E-state index contributed by atoms with van der Waals surface area (Å²) in [6, 6.07) is 6.80. The maximum atomic E-state index is 12.6. The molecular weight excluding hydrogens is 362 g/mol. The van der Waals surface area contributed by atoms with Crippen molar-refractivity contribution in [3.05, 3.63) is 36.9 Å². The molecule has 6 nitrogen and oxygen atoms in total. The normalized spacial score (nSPS) is 27.7. The fraction of sp³-hybridized carbons (Fsp3) is 0.600. The summed E-state index contributed by atoms with van der Waals surface area (Å²) in [6.07, 6.45) is 4.23. The summed E-state index contributed by atoms with van der Waals surface area (Å²) in [4.78, 5) is 5.06. The molecule has 150 valence electrons. The molecular formula is C20H31N3O3S. The zero-order chi connectivity index (χ0) is 19.4. The Morgan fingerprint density at radius 2 is 2.11 bits per heavy atom. The van der Waals surface area contributed by atoms with E-state index in [1.165, 1.54) is 6.42 Å². The van der Waals surface area contributed by atoms with Gasteiger partial charge < -0.3 is 9.64 Å². The zero-order valence-corrected chi connectivity index (χ0v) is 17.1. The van der Waals surface area contributed by atoms with E-state index in [0.29, 0.717) is 24.1 Å². The van der Waals surface area contributed by atoms with Crippen molar-refractivity contribution in [3.8, 4) is 5.75 Å². The first kappa shape index (κ1) is 20.3. The van der Waals surface area contributed by atoms with E-state index in [2.05, 4.69) is 28.1 Å². The first-order chi connectivity index (χ1) is 12.9. The fourth-order valence-corrected chi connectivity index (χ4v) is 5.48. The van der Waals surface area contributed by atoms with Crippen LogP contribution in [0.1, 0.15) is 12.8 Å². The Labute approximate surface area is 163 Å². The molecule has 4 unspecified atom stereocenters. The second kappa shape index (κ2) is 8.73.